The van der Waals surface area contributed by atoms with Gasteiger partial charge in [-0.25, -0.2) is 12.8 Å². The number of sulfonamides is 1. The number of nitrogens with one attached hydrogen (secondary N) is 3. The molecule has 1 unspecified atom stereocenters. The van der Waals surface area contributed by atoms with Crippen LogP contribution in [0.5, 0.6) is 0 Å². The zero-order chi connectivity index (χ0) is 15.9. The highest BCUT2D eigenvalue weighted by Crippen LogP contribution is 2.13. The number of rotatable bonds is 8. The quantitative estimate of drug-likeness (QED) is 0.598. The maximum atomic E-state index is 13.5. The molecule has 0 bridgehead atoms. The Kier molecular flexibility index (Phi) is 9.19. The Bertz CT molecular complexity index is 584. The minimum atomic E-state index is -4.07. The topological polar surface area (TPSA) is 87.3 Å². The second-order valence-electron chi connectivity index (χ2n) is 4.52. The van der Waals surface area contributed by atoms with E-state index in [9.17, 15) is 17.6 Å². The van der Waals surface area contributed by atoms with E-state index in [0.717, 1.165) is 25.1 Å². The summed E-state index contributed by atoms with van der Waals surface area (Å²) in [5.74, 6) is -1.31. The van der Waals surface area contributed by atoms with E-state index in [1.807, 2.05) is 0 Å². The van der Waals surface area contributed by atoms with Crippen LogP contribution in [0, 0.1) is 5.82 Å². The smallest absolute Gasteiger partial charge is 0.244 e. The van der Waals surface area contributed by atoms with Gasteiger partial charge in [0.2, 0.25) is 15.9 Å². The number of hydrogen-bond acceptors (Lipinski definition) is 4. The van der Waals surface area contributed by atoms with Crippen LogP contribution in [0.2, 0.25) is 0 Å². The van der Waals surface area contributed by atoms with E-state index in [1.165, 1.54) is 19.1 Å². The summed E-state index contributed by atoms with van der Waals surface area (Å²) in [7, 11) is -2.27. The van der Waals surface area contributed by atoms with Crippen LogP contribution in [0.3, 0.4) is 0 Å². The monoisotopic (exact) mass is 353 g/mol. The van der Waals surface area contributed by atoms with Crippen molar-refractivity contribution in [3.63, 3.8) is 0 Å². The number of hydrogen-bond donors (Lipinski definition) is 3. The first kappa shape index (κ1) is 20.8. The first-order chi connectivity index (χ1) is 9.88. The Hall–Kier alpha value is -1.22. The highest BCUT2D eigenvalue weighted by atomic mass is 35.5. The average Bonchev–Trinajstić information content (AvgIpc) is 2.43. The van der Waals surface area contributed by atoms with Crippen molar-refractivity contribution in [2.24, 2.45) is 0 Å². The molecular weight excluding hydrogens is 333 g/mol. The summed E-state index contributed by atoms with van der Waals surface area (Å²) in [5.41, 5.74) is 0. The standard InChI is InChI=1S/C13H20FN3O3S.ClH/c1-10(13(18)16-9-5-8-15-2)17-21(19,20)12-7-4-3-6-11(12)14;/h3-4,6-7,10,15,17H,5,8-9H2,1-2H3,(H,16,18);1H. The maximum absolute atomic E-state index is 13.5. The second kappa shape index (κ2) is 9.73. The van der Waals surface area contributed by atoms with Gasteiger partial charge in [-0.2, -0.15) is 4.72 Å². The number of carbonyl (C=O) groups is 1. The lowest BCUT2D eigenvalue weighted by atomic mass is 10.3. The first-order valence-corrected chi connectivity index (χ1v) is 8.06. The van der Waals surface area contributed by atoms with Gasteiger partial charge >= 0.3 is 0 Å². The molecule has 0 aliphatic carbocycles. The largest absolute Gasteiger partial charge is 0.355 e. The molecule has 0 spiro atoms. The van der Waals surface area contributed by atoms with Crippen molar-refractivity contribution < 1.29 is 17.6 Å². The van der Waals surface area contributed by atoms with Gasteiger partial charge in [-0.15, -0.1) is 12.4 Å². The van der Waals surface area contributed by atoms with Crippen molar-refractivity contribution in [1.82, 2.24) is 15.4 Å². The van der Waals surface area contributed by atoms with E-state index in [-0.39, 0.29) is 12.4 Å². The predicted octanol–water partition coefficient (Wildman–Crippen LogP) is 0.640. The SMILES string of the molecule is CNCCCNC(=O)C(C)NS(=O)(=O)c1ccccc1F.Cl. The fourth-order valence-electron chi connectivity index (χ4n) is 1.64. The van der Waals surface area contributed by atoms with E-state index in [1.54, 1.807) is 7.05 Å². The lowest BCUT2D eigenvalue weighted by molar-refractivity contribution is -0.122. The lowest BCUT2D eigenvalue weighted by Gasteiger charge is -2.14. The molecule has 126 valence electrons. The summed E-state index contributed by atoms with van der Waals surface area (Å²) in [5, 5.41) is 5.54. The van der Waals surface area contributed by atoms with Gasteiger partial charge in [0.25, 0.3) is 0 Å². The molecule has 0 radical (unpaired) electrons. The first-order valence-electron chi connectivity index (χ1n) is 6.57. The maximum Gasteiger partial charge on any atom is 0.244 e. The van der Waals surface area contributed by atoms with Crippen LogP contribution in [0.25, 0.3) is 0 Å². The molecular formula is C13H21ClFN3O3S. The minimum absolute atomic E-state index is 0. The van der Waals surface area contributed by atoms with Crippen LogP contribution in [-0.2, 0) is 14.8 Å². The van der Waals surface area contributed by atoms with Crippen molar-refractivity contribution >= 4 is 28.3 Å². The second-order valence-corrected chi connectivity index (χ2v) is 6.20. The van der Waals surface area contributed by atoms with E-state index in [4.69, 9.17) is 0 Å². The highest BCUT2D eigenvalue weighted by Gasteiger charge is 2.24. The lowest BCUT2D eigenvalue weighted by Crippen LogP contribution is -2.45. The number of halogens is 2. The van der Waals surface area contributed by atoms with E-state index in [0.29, 0.717) is 6.54 Å². The van der Waals surface area contributed by atoms with Crippen molar-refractivity contribution in [2.45, 2.75) is 24.3 Å². The molecule has 1 rings (SSSR count). The molecule has 22 heavy (non-hydrogen) atoms. The Balaban J connectivity index is 0.00000441. The van der Waals surface area contributed by atoms with Crippen LogP contribution < -0.4 is 15.4 Å². The minimum Gasteiger partial charge on any atom is -0.355 e. The number of amides is 1. The molecule has 1 aromatic carbocycles. The Morgan fingerprint density at radius 2 is 1.91 bits per heavy atom. The van der Waals surface area contributed by atoms with Crippen molar-refractivity contribution in [1.29, 1.82) is 0 Å². The number of benzene rings is 1. The van der Waals surface area contributed by atoms with Crippen molar-refractivity contribution in [2.75, 3.05) is 20.1 Å². The zero-order valence-corrected chi connectivity index (χ0v) is 14.1. The molecule has 1 aromatic rings. The third-order valence-electron chi connectivity index (χ3n) is 2.75. The number of carbonyl (C=O) groups excluding carboxylic acids is 1. The Morgan fingerprint density at radius 1 is 1.27 bits per heavy atom. The van der Waals surface area contributed by atoms with Gasteiger partial charge in [-0.1, -0.05) is 12.1 Å². The average molecular weight is 354 g/mol. The van der Waals surface area contributed by atoms with Crippen LogP contribution in [0.15, 0.2) is 29.2 Å². The molecule has 0 fully saturated rings. The fourth-order valence-corrected chi connectivity index (χ4v) is 2.92. The molecule has 3 N–H and O–H groups in total. The normalized spacial score (nSPS) is 12.3. The van der Waals surface area contributed by atoms with Crippen LogP contribution in [0.4, 0.5) is 4.39 Å². The Morgan fingerprint density at radius 3 is 2.50 bits per heavy atom. The fraction of sp³-hybridized carbons (Fsp3) is 0.462. The van der Waals surface area contributed by atoms with Gasteiger partial charge in [0.05, 0.1) is 6.04 Å². The van der Waals surface area contributed by atoms with Gasteiger partial charge in [-0.05, 0) is 39.1 Å². The molecule has 6 nitrogen and oxygen atoms in total. The summed E-state index contributed by atoms with van der Waals surface area (Å²) >= 11 is 0. The summed E-state index contributed by atoms with van der Waals surface area (Å²) < 4.78 is 39.7. The molecule has 1 atom stereocenters. The van der Waals surface area contributed by atoms with Crippen LogP contribution >= 0.6 is 12.4 Å². The van der Waals surface area contributed by atoms with Gasteiger partial charge < -0.3 is 10.6 Å². The highest BCUT2D eigenvalue weighted by molar-refractivity contribution is 7.89. The van der Waals surface area contributed by atoms with Crippen molar-refractivity contribution in [3.05, 3.63) is 30.1 Å². The molecule has 0 saturated carbocycles. The zero-order valence-electron chi connectivity index (χ0n) is 12.4. The summed E-state index contributed by atoms with van der Waals surface area (Å²) in [6.07, 6.45) is 0.731. The van der Waals surface area contributed by atoms with Gasteiger partial charge in [0, 0.05) is 6.54 Å². The predicted molar refractivity (Wildman–Crippen MR) is 85.0 cm³/mol. The van der Waals surface area contributed by atoms with Gasteiger partial charge in [0.15, 0.2) is 0 Å². The third kappa shape index (κ3) is 6.27. The van der Waals surface area contributed by atoms with Crippen LogP contribution in [0.1, 0.15) is 13.3 Å². The van der Waals surface area contributed by atoms with E-state index in [2.05, 4.69) is 15.4 Å². The molecule has 0 aliphatic rings. The molecule has 0 aliphatic heterocycles. The van der Waals surface area contributed by atoms with Crippen molar-refractivity contribution in [3.8, 4) is 0 Å². The summed E-state index contributed by atoms with van der Waals surface area (Å²) in [6, 6.07) is 4.03. The molecule has 0 saturated heterocycles. The molecule has 0 aromatic heterocycles. The van der Waals surface area contributed by atoms with Gasteiger partial charge in [-0.3, -0.25) is 4.79 Å². The summed E-state index contributed by atoms with van der Waals surface area (Å²) in [6.45, 7) is 2.59. The third-order valence-corrected chi connectivity index (χ3v) is 4.33. The van der Waals surface area contributed by atoms with Crippen LogP contribution in [-0.4, -0.2) is 40.5 Å². The van der Waals surface area contributed by atoms with E-state index < -0.39 is 32.7 Å². The molecule has 1 amide bonds. The van der Waals surface area contributed by atoms with E-state index >= 15 is 0 Å². The Labute approximate surface area is 136 Å². The summed E-state index contributed by atoms with van der Waals surface area (Å²) in [4.78, 5) is 11.3. The molecule has 0 heterocycles. The molecule has 9 heteroatoms. The van der Waals surface area contributed by atoms with Gasteiger partial charge in [0.1, 0.15) is 10.7 Å².